The van der Waals surface area contributed by atoms with Gasteiger partial charge in [-0.05, 0) is 24.3 Å². The van der Waals surface area contributed by atoms with Gasteiger partial charge < -0.3 is 0 Å². The topological polar surface area (TPSA) is 0 Å². The smallest absolute Gasteiger partial charge is 0.200 e. The minimum Gasteiger partial charge on any atom is -0.202 e. The molecule has 2 rings (SSSR count). The Morgan fingerprint density at radius 1 is 0.684 bits per heavy atom. The van der Waals surface area contributed by atoms with Gasteiger partial charge in [-0.25, -0.2) is 22.0 Å². The molecule has 0 aliphatic rings. The Morgan fingerprint density at radius 2 is 1.11 bits per heavy atom. The van der Waals surface area contributed by atoms with Crippen LogP contribution in [0.5, 0.6) is 0 Å². The summed E-state index contributed by atoms with van der Waals surface area (Å²) in [5.41, 5.74) is 0. The van der Waals surface area contributed by atoms with Crippen LogP contribution in [0.3, 0.4) is 0 Å². The third kappa shape index (κ3) is 2.69. The van der Waals surface area contributed by atoms with Crippen LogP contribution in [0.2, 0.25) is 5.02 Å². The van der Waals surface area contributed by atoms with Crippen molar-refractivity contribution in [3.05, 3.63) is 58.4 Å². The second kappa shape index (κ2) is 5.38. The van der Waals surface area contributed by atoms with Crippen LogP contribution in [0.25, 0.3) is 0 Å². The first-order valence-electron chi connectivity index (χ1n) is 4.86. The Kier molecular flexibility index (Phi) is 4.01. The van der Waals surface area contributed by atoms with Crippen molar-refractivity contribution in [1.82, 2.24) is 0 Å². The van der Waals surface area contributed by atoms with Gasteiger partial charge in [0, 0.05) is 9.92 Å². The van der Waals surface area contributed by atoms with Crippen molar-refractivity contribution < 1.29 is 22.0 Å². The molecule has 0 aliphatic heterocycles. The lowest BCUT2D eigenvalue weighted by atomic mass is 10.3. The normalized spacial score (nSPS) is 10.8. The highest BCUT2D eigenvalue weighted by atomic mass is 35.5. The van der Waals surface area contributed by atoms with Crippen molar-refractivity contribution in [2.24, 2.45) is 0 Å². The fraction of sp³-hybridized carbons (Fsp3) is 0. The van der Waals surface area contributed by atoms with Gasteiger partial charge in [-0.15, -0.1) is 0 Å². The summed E-state index contributed by atoms with van der Waals surface area (Å²) in [6.07, 6.45) is 0. The molecule has 0 fully saturated rings. The maximum absolute atomic E-state index is 13.4. The van der Waals surface area contributed by atoms with Gasteiger partial charge in [0.25, 0.3) is 0 Å². The number of hydrogen-bond donors (Lipinski definition) is 0. The maximum Gasteiger partial charge on any atom is 0.200 e. The highest BCUT2D eigenvalue weighted by molar-refractivity contribution is 7.99. The van der Waals surface area contributed by atoms with E-state index in [0.717, 1.165) is 0 Å². The molecular formula is C12H4ClF5S. The quantitative estimate of drug-likeness (QED) is 0.418. The van der Waals surface area contributed by atoms with Gasteiger partial charge in [-0.2, -0.15) is 0 Å². The second-order valence-electron chi connectivity index (χ2n) is 3.46. The molecule has 0 atom stereocenters. The summed E-state index contributed by atoms with van der Waals surface area (Å²) in [7, 11) is 0. The van der Waals surface area contributed by atoms with E-state index in [1.165, 1.54) is 24.3 Å². The van der Waals surface area contributed by atoms with E-state index in [1.807, 2.05) is 0 Å². The summed E-state index contributed by atoms with van der Waals surface area (Å²) in [4.78, 5) is -0.647. The molecule has 0 spiro atoms. The van der Waals surface area contributed by atoms with Gasteiger partial charge in [-0.3, -0.25) is 0 Å². The molecule has 0 unspecified atom stereocenters. The molecule has 2 aromatic rings. The van der Waals surface area contributed by atoms with Crippen LogP contribution in [-0.4, -0.2) is 0 Å². The van der Waals surface area contributed by atoms with Gasteiger partial charge in [0.15, 0.2) is 23.3 Å². The number of hydrogen-bond acceptors (Lipinski definition) is 1. The predicted octanol–water partition coefficient (Wildman–Crippen LogP) is 5.19. The summed E-state index contributed by atoms with van der Waals surface area (Å²) in [6, 6.07) is 5.70. The van der Waals surface area contributed by atoms with Crippen LogP contribution in [-0.2, 0) is 0 Å². The van der Waals surface area contributed by atoms with Crippen LogP contribution in [0.15, 0.2) is 34.1 Å². The second-order valence-corrected chi connectivity index (χ2v) is 4.98. The van der Waals surface area contributed by atoms with Crippen molar-refractivity contribution >= 4 is 23.4 Å². The highest BCUT2D eigenvalue weighted by Gasteiger charge is 2.26. The van der Waals surface area contributed by atoms with E-state index in [9.17, 15) is 22.0 Å². The van der Waals surface area contributed by atoms with Crippen LogP contribution < -0.4 is 0 Å². The van der Waals surface area contributed by atoms with Gasteiger partial charge in [-0.1, -0.05) is 23.4 Å². The maximum atomic E-state index is 13.4. The first-order valence-corrected chi connectivity index (χ1v) is 6.06. The van der Waals surface area contributed by atoms with Crippen molar-refractivity contribution in [3.8, 4) is 0 Å². The third-order valence-corrected chi connectivity index (χ3v) is 3.53. The molecule has 0 saturated heterocycles. The molecule has 19 heavy (non-hydrogen) atoms. The van der Waals surface area contributed by atoms with E-state index in [2.05, 4.69) is 0 Å². The molecule has 7 heteroatoms. The van der Waals surface area contributed by atoms with E-state index >= 15 is 0 Å². The molecule has 0 saturated carbocycles. The Hall–Kier alpha value is -1.27. The molecule has 0 nitrogen and oxygen atoms in total. The van der Waals surface area contributed by atoms with Crippen molar-refractivity contribution in [1.29, 1.82) is 0 Å². The average molecular weight is 311 g/mol. The van der Waals surface area contributed by atoms with Gasteiger partial charge in [0.2, 0.25) is 5.82 Å². The lowest BCUT2D eigenvalue weighted by Gasteiger charge is -2.07. The molecular weight excluding hydrogens is 307 g/mol. The largest absolute Gasteiger partial charge is 0.202 e. The monoisotopic (exact) mass is 310 g/mol. The van der Waals surface area contributed by atoms with Gasteiger partial charge >= 0.3 is 0 Å². The van der Waals surface area contributed by atoms with E-state index < -0.39 is 34.0 Å². The molecule has 2 aromatic carbocycles. The molecule has 100 valence electrons. The van der Waals surface area contributed by atoms with Crippen molar-refractivity contribution in [2.75, 3.05) is 0 Å². The lowest BCUT2D eigenvalue weighted by molar-refractivity contribution is 0.361. The predicted molar refractivity (Wildman–Crippen MR) is 61.8 cm³/mol. The minimum absolute atomic E-state index is 0.299. The fourth-order valence-corrected chi connectivity index (χ4v) is 2.29. The summed E-state index contributed by atoms with van der Waals surface area (Å²) in [5.74, 6) is -9.80. The number of rotatable bonds is 2. The Labute approximate surface area is 114 Å². The molecule has 0 bridgehead atoms. The van der Waals surface area contributed by atoms with E-state index in [0.29, 0.717) is 21.7 Å². The molecule has 0 radical (unpaired) electrons. The number of halogens is 6. The fourth-order valence-electron chi connectivity index (χ4n) is 1.29. The third-order valence-electron chi connectivity index (χ3n) is 2.20. The first-order chi connectivity index (χ1) is 8.91. The lowest BCUT2D eigenvalue weighted by Crippen LogP contribution is -2.03. The SMILES string of the molecule is Fc1c(F)c(F)c(Sc2ccc(Cl)cc2)c(F)c1F. The zero-order valence-electron chi connectivity index (χ0n) is 8.99. The highest BCUT2D eigenvalue weighted by Crippen LogP contribution is 2.35. The first kappa shape index (κ1) is 14.1. The summed E-state index contributed by atoms with van der Waals surface area (Å²) < 4.78 is 65.6. The van der Waals surface area contributed by atoms with Crippen LogP contribution in [0.4, 0.5) is 22.0 Å². The summed E-state index contributed by atoms with van der Waals surface area (Å²) in [5, 5.41) is 0.391. The Bertz CT molecular complexity index is 598. The molecule has 0 aliphatic carbocycles. The van der Waals surface area contributed by atoms with E-state index in [-0.39, 0.29) is 0 Å². The molecule has 0 amide bonds. The van der Waals surface area contributed by atoms with E-state index in [1.54, 1.807) is 0 Å². The minimum atomic E-state index is -2.17. The van der Waals surface area contributed by atoms with Gasteiger partial charge in [0.1, 0.15) is 0 Å². The zero-order chi connectivity index (χ0) is 14.2. The zero-order valence-corrected chi connectivity index (χ0v) is 10.6. The Balaban J connectivity index is 2.48. The Morgan fingerprint density at radius 3 is 1.58 bits per heavy atom. The number of benzene rings is 2. The standard InChI is InChI=1S/C12H4ClF5S/c13-5-1-3-6(4-2-5)19-12-10(17)8(15)7(14)9(16)11(12)18/h1-4H. The molecule has 0 N–H and O–H groups in total. The average Bonchev–Trinajstić information content (AvgIpc) is 2.41. The van der Waals surface area contributed by atoms with Crippen molar-refractivity contribution in [2.45, 2.75) is 9.79 Å². The van der Waals surface area contributed by atoms with Crippen LogP contribution in [0, 0.1) is 29.1 Å². The van der Waals surface area contributed by atoms with E-state index in [4.69, 9.17) is 11.6 Å². The van der Waals surface area contributed by atoms with Crippen molar-refractivity contribution in [3.63, 3.8) is 0 Å². The van der Waals surface area contributed by atoms with Crippen LogP contribution >= 0.6 is 23.4 Å². The molecule has 0 aromatic heterocycles. The molecule has 0 heterocycles. The van der Waals surface area contributed by atoms with Crippen LogP contribution in [0.1, 0.15) is 0 Å². The summed E-state index contributed by atoms with van der Waals surface area (Å²) in [6.45, 7) is 0. The summed E-state index contributed by atoms with van der Waals surface area (Å²) >= 11 is 6.05. The van der Waals surface area contributed by atoms with Gasteiger partial charge in [0.05, 0.1) is 4.90 Å².